The van der Waals surface area contributed by atoms with E-state index in [1.807, 2.05) is 13.8 Å². The Morgan fingerprint density at radius 3 is 2.85 bits per heavy atom. The molecule has 3 N–H and O–H groups in total. The quantitative estimate of drug-likeness (QED) is 0.759. The van der Waals surface area contributed by atoms with Gasteiger partial charge in [-0.15, -0.1) is 11.8 Å². The molecule has 6 heteroatoms. The minimum atomic E-state index is -0.667. The topological polar surface area (TPSA) is 68.0 Å². The van der Waals surface area contributed by atoms with Crippen molar-refractivity contribution < 1.29 is 4.79 Å². The summed E-state index contributed by atoms with van der Waals surface area (Å²) in [4.78, 5) is 16.3. The number of pyridine rings is 1. The van der Waals surface area contributed by atoms with E-state index in [1.165, 1.54) is 11.8 Å². The Bertz CT molecular complexity index is 493. The summed E-state index contributed by atoms with van der Waals surface area (Å²) >= 11 is 7.60. The highest BCUT2D eigenvalue weighted by atomic mass is 35.5. The number of carbonyl (C=O) groups is 1. The van der Waals surface area contributed by atoms with E-state index in [2.05, 4.69) is 10.3 Å². The molecule has 1 aromatic heterocycles. The van der Waals surface area contributed by atoms with Crippen LogP contribution in [0.2, 0.25) is 5.02 Å². The van der Waals surface area contributed by atoms with Crippen LogP contribution in [-0.2, 0) is 4.79 Å². The van der Waals surface area contributed by atoms with Crippen molar-refractivity contribution in [3.8, 4) is 0 Å². The normalized spacial score (nSPS) is 18.0. The van der Waals surface area contributed by atoms with Crippen LogP contribution in [0.3, 0.4) is 0 Å². The van der Waals surface area contributed by atoms with Gasteiger partial charge in [-0.05, 0) is 44.7 Å². The number of hydrogen-bond acceptors (Lipinski definition) is 4. The fourth-order valence-corrected chi connectivity index (χ4v) is 3.82. The van der Waals surface area contributed by atoms with Gasteiger partial charge in [-0.1, -0.05) is 11.6 Å². The number of carbonyl (C=O) groups excluding carboxylic acids is 1. The number of nitrogens with zero attached hydrogens (tertiary/aromatic N) is 1. The summed E-state index contributed by atoms with van der Waals surface area (Å²) in [6, 6.07) is 3.79. The first-order valence-corrected chi connectivity index (χ1v) is 8.13. The first-order chi connectivity index (χ1) is 9.45. The molecule has 0 radical (unpaired) electrons. The number of nitrogens with one attached hydrogen (secondary N) is 1. The first-order valence-electron chi connectivity index (χ1n) is 6.76. The van der Waals surface area contributed by atoms with Crippen LogP contribution in [0.5, 0.6) is 0 Å². The molecular formula is C14H20ClN3OS. The number of rotatable bonds is 7. The molecule has 0 spiro atoms. The molecular weight excluding hydrogens is 294 g/mol. The number of halogens is 1. The molecule has 4 nitrogen and oxygen atoms in total. The Balaban J connectivity index is 2.15. The van der Waals surface area contributed by atoms with Crippen LogP contribution in [0.4, 0.5) is 0 Å². The second-order valence-electron chi connectivity index (χ2n) is 5.49. The summed E-state index contributed by atoms with van der Waals surface area (Å²) in [6.45, 7) is 4.05. The number of thioether (sulfide) groups is 1. The maximum absolute atomic E-state index is 12.0. The molecule has 1 aliphatic carbocycles. The first kappa shape index (κ1) is 15.6. The van der Waals surface area contributed by atoms with Crippen LogP contribution in [-0.4, -0.2) is 28.2 Å². The summed E-state index contributed by atoms with van der Waals surface area (Å²) in [6.07, 6.45) is 3.78. The molecule has 1 aliphatic rings. The predicted molar refractivity (Wildman–Crippen MR) is 82.9 cm³/mol. The molecule has 0 aromatic carbocycles. The van der Waals surface area contributed by atoms with Gasteiger partial charge in [0.25, 0.3) is 0 Å². The molecule has 0 saturated heterocycles. The van der Waals surface area contributed by atoms with Crippen LogP contribution >= 0.6 is 23.4 Å². The smallest absolute Gasteiger partial charge is 0.238 e. The number of primary amides is 1. The van der Waals surface area contributed by atoms with Crippen molar-refractivity contribution in [2.75, 3.05) is 5.75 Å². The van der Waals surface area contributed by atoms with E-state index in [1.54, 1.807) is 18.3 Å². The number of amides is 1. The Labute approximate surface area is 128 Å². The van der Waals surface area contributed by atoms with Crippen molar-refractivity contribution in [2.24, 2.45) is 11.7 Å². The zero-order valence-corrected chi connectivity index (χ0v) is 13.3. The Hall–Kier alpha value is -0.780. The summed E-state index contributed by atoms with van der Waals surface area (Å²) in [7, 11) is 0. The Kier molecular flexibility index (Phi) is 4.94. The monoisotopic (exact) mass is 313 g/mol. The Morgan fingerprint density at radius 1 is 1.65 bits per heavy atom. The molecule has 0 bridgehead atoms. The van der Waals surface area contributed by atoms with Crippen molar-refractivity contribution in [3.05, 3.63) is 23.4 Å². The van der Waals surface area contributed by atoms with Crippen molar-refractivity contribution in [2.45, 2.75) is 43.3 Å². The van der Waals surface area contributed by atoms with Crippen LogP contribution in [0.15, 0.2) is 23.4 Å². The lowest BCUT2D eigenvalue weighted by atomic mass is 9.93. The van der Waals surface area contributed by atoms with E-state index in [4.69, 9.17) is 17.3 Å². The van der Waals surface area contributed by atoms with Gasteiger partial charge < -0.3 is 11.1 Å². The highest BCUT2D eigenvalue weighted by Crippen LogP contribution is 2.43. The molecule has 0 aliphatic heterocycles. The van der Waals surface area contributed by atoms with Gasteiger partial charge >= 0.3 is 0 Å². The van der Waals surface area contributed by atoms with E-state index >= 15 is 0 Å². The SMILES string of the molecule is CC(C)NC(CSc1ncccc1Cl)(C(N)=O)C1CC1. The fourth-order valence-electron chi connectivity index (χ4n) is 2.37. The van der Waals surface area contributed by atoms with Gasteiger partial charge in [0.1, 0.15) is 10.6 Å². The highest BCUT2D eigenvalue weighted by molar-refractivity contribution is 7.99. The van der Waals surface area contributed by atoms with Gasteiger partial charge in [-0.2, -0.15) is 0 Å². The zero-order chi connectivity index (χ0) is 14.8. The zero-order valence-electron chi connectivity index (χ0n) is 11.7. The molecule has 1 heterocycles. The maximum atomic E-state index is 12.0. The number of aromatic nitrogens is 1. The molecule has 2 rings (SSSR count). The second kappa shape index (κ2) is 6.33. The predicted octanol–water partition coefficient (Wildman–Crippen LogP) is 2.46. The molecule has 110 valence electrons. The highest BCUT2D eigenvalue weighted by Gasteiger charge is 2.50. The van der Waals surface area contributed by atoms with Crippen LogP contribution < -0.4 is 11.1 Å². The number of hydrogen-bond donors (Lipinski definition) is 2. The molecule has 1 fully saturated rings. The van der Waals surface area contributed by atoms with E-state index in [9.17, 15) is 4.79 Å². The molecule has 1 amide bonds. The minimum absolute atomic E-state index is 0.197. The maximum Gasteiger partial charge on any atom is 0.238 e. The van der Waals surface area contributed by atoms with Gasteiger partial charge in [0, 0.05) is 18.0 Å². The minimum Gasteiger partial charge on any atom is -0.368 e. The molecule has 1 atom stereocenters. The van der Waals surface area contributed by atoms with E-state index in [0.717, 1.165) is 17.9 Å². The third-order valence-corrected chi connectivity index (χ3v) is 5.04. The van der Waals surface area contributed by atoms with Crippen molar-refractivity contribution >= 4 is 29.3 Å². The average molecular weight is 314 g/mol. The van der Waals surface area contributed by atoms with Crippen LogP contribution in [0.1, 0.15) is 26.7 Å². The molecule has 1 saturated carbocycles. The second-order valence-corrected chi connectivity index (χ2v) is 6.86. The molecule has 1 unspecified atom stereocenters. The Morgan fingerprint density at radius 2 is 2.35 bits per heavy atom. The van der Waals surface area contributed by atoms with Crippen molar-refractivity contribution in [1.82, 2.24) is 10.3 Å². The van der Waals surface area contributed by atoms with Crippen molar-refractivity contribution in [3.63, 3.8) is 0 Å². The lowest BCUT2D eigenvalue weighted by Crippen LogP contribution is -2.61. The van der Waals surface area contributed by atoms with Gasteiger partial charge in [-0.25, -0.2) is 4.98 Å². The lowest BCUT2D eigenvalue weighted by Gasteiger charge is -2.33. The summed E-state index contributed by atoms with van der Waals surface area (Å²) in [5, 5.41) is 4.73. The summed E-state index contributed by atoms with van der Waals surface area (Å²) < 4.78 is 0. The average Bonchev–Trinajstić information content (AvgIpc) is 3.20. The van der Waals surface area contributed by atoms with Crippen LogP contribution in [0, 0.1) is 5.92 Å². The third kappa shape index (κ3) is 3.45. The lowest BCUT2D eigenvalue weighted by molar-refractivity contribution is -0.124. The van der Waals surface area contributed by atoms with Gasteiger partial charge in [-0.3, -0.25) is 4.79 Å². The van der Waals surface area contributed by atoms with E-state index in [0.29, 0.717) is 16.7 Å². The molecule has 20 heavy (non-hydrogen) atoms. The standard InChI is InChI=1S/C14H20ClN3OS/c1-9(2)18-14(13(16)19,10-5-6-10)8-20-12-11(15)4-3-7-17-12/h3-4,7,9-10,18H,5-6,8H2,1-2H3,(H2,16,19). The summed E-state index contributed by atoms with van der Waals surface area (Å²) in [5.41, 5.74) is 5.03. The fraction of sp³-hybridized carbons (Fsp3) is 0.571. The van der Waals surface area contributed by atoms with E-state index in [-0.39, 0.29) is 11.9 Å². The largest absolute Gasteiger partial charge is 0.368 e. The van der Waals surface area contributed by atoms with Gasteiger partial charge in [0.15, 0.2) is 0 Å². The third-order valence-electron chi connectivity index (χ3n) is 3.42. The van der Waals surface area contributed by atoms with Crippen LogP contribution in [0.25, 0.3) is 0 Å². The molecule has 1 aromatic rings. The van der Waals surface area contributed by atoms with Crippen molar-refractivity contribution in [1.29, 1.82) is 0 Å². The van der Waals surface area contributed by atoms with E-state index < -0.39 is 5.54 Å². The van der Waals surface area contributed by atoms with Gasteiger partial charge in [0.05, 0.1) is 5.02 Å². The van der Waals surface area contributed by atoms with Gasteiger partial charge in [0.2, 0.25) is 5.91 Å². The number of nitrogens with two attached hydrogens (primary N) is 1. The summed E-state index contributed by atoms with van der Waals surface area (Å²) in [5.74, 6) is 0.590.